The zero-order chi connectivity index (χ0) is 15.4. The number of aryl methyl sites for hydroxylation is 1. The van der Waals surface area contributed by atoms with E-state index in [1.807, 2.05) is 30.3 Å². The number of thiocarbonyl (C=S) groups is 1. The number of para-hydroxylation sites is 1. The number of nitrogen functional groups attached to an aromatic ring is 1. The van der Waals surface area contributed by atoms with E-state index in [9.17, 15) is 9.90 Å². The third kappa shape index (κ3) is 4.40. The SMILES string of the molecule is CCc1ccc(C(=S)c2cccc(CC(=O)[O-])c2N)cc1.[Na+]. The molecular weight excluding hydrogens is 305 g/mol. The number of nitrogens with two attached hydrogens (primary N) is 1. The Labute approximate surface area is 157 Å². The van der Waals surface area contributed by atoms with Gasteiger partial charge in [-0.25, -0.2) is 0 Å². The fourth-order valence-corrected chi connectivity index (χ4v) is 2.48. The topological polar surface area (TPSA) is 66.1 Å². The van der Waals surface area contributed by atoms with Crippen molar-refractivity contribution in [3.8, 4) is 0 Å². The van der Waals surface area contributed by atoms with Gasteiger partial charge in [0.25, 0.3) is 0 Å². The molecule has 2 aromatic rings. The number of carbonyl (C=O) groups excluding carboxylic acids is 1. The zero-order valence-corrected chi connectivity index (χ0v) is 15.6. The first-order valence-electron chi connectivity index (χ1n) is 6.73. The van der Waals surface area contributed by atoms with E-state index in [4.69, 9.17) is 18.0 Å². The molecule has 0 bridgehead atoms. The Bertz CT molecular complexity index is 684. The van der Waals surface area contributed by atoms with Crippen LogP contribution in [0.5, 0.6) is 0 Å². The van der Waals surface area contributed by atoms with Gasteiger partial charge in [-0.05, 0) is 23.1 Å². The fourth-order valence-electron chi connectivity index (χ4n) is 2.17. The minimum atomic E-state index is -1.16. The predicted molar refractivity (Wildman–Crippen MR) is 86.2 cm³/mol. The summed E-state index contributed by atoms with van der Waals surface area (Å²) in [6, 6.07) is 13.2. The molecule has 0 fully saturated rings. The van der Waals surface area contributed by atoms with Gasteiger partial charge in [-0.15, -0.1) is 0 Å². The standard InChI is InChI=1S/C17H17NO2S.Na/c1-2-11-6-8-12(9-7-11)17(21)14-5-3-4-13(16(14)18)10-15(19)20;/h3-9H,2,10,18H2,1H3,(H,19,20);/q;+1/p-1. The number of hydrogen-bond donors (Lipinski definition) is 1. The summed E-state index contributed by atoms with van der Waals surface area (Å²) >= 11 is 5.48. The van der Waals surface area contributed by atoms with Crippen molar-refractivity contribution in [2.45, 2.75) is 19.8 Å². The number of carboxylic acids is 1. The molecule has 0 unspecified atom stereocenters. The fraction of sp³-hybridized carbons (Fsp3) is 0.176. The number of rotatable bonds is 5. The van der Waals surface area contributed by atoms with Gasteiger partial charge in [0.15, 0.2) is 0 Å². The molecule has 2 rings (SSSR count). The molecule has 0 saturated heterocycles. The van der Waals surface area contributed by atoms with E-state index < -0.39 is 5.97 Å². The Hall–Kier alpha value is -1.20. The molecule has 0 aliphatic carbocycles. The Morgan fingerprint density at radius 3 is 2.36 bits per heavy atom. The molecule has 0 aliphatic heterocycles. The van der Waals surface area contributed by atoms with Crippen LogP contribution in [0.1, 0.15) is 29.2 Å². The van der Waals surface area contributed by atoms with E-state index in [1.54, 1.807) is 12.1 Å². The molecule has 3 nitrogen and oxygen atoms in total. The summed E-state index contributed by atoms with van der Waals surface area (Å²) < 4.78 is 0. The maximum Gasteiger partial charge on any atom is 1.00 e. The molecule has 0 spiro atoms. The molecule has 0 heterocycles. The van der Waals surface area contributed by atoms with Crippen molar-refractivity contribution in [2.75, 3.05) is 5.73 Å². The van der Waals surface area contributed by atoms with E-state index in [0.717, 1.165) is 12.0 Å². The second-order valence-electron chi connectivity index (χ2n) is 4.81. The van der Waals surface area contributed by atoms with E-state index in [2.05, 4.69) is 6.92 Å². The Morgan fingerprint density at radius 1 is 1.18 bits per heavy atom. The van der Waals surface area contributed by atoms with Crippen LogP contribution in [0.2, 0.25) is 0 Å². The van der Waals surface area contributed by atoms with Gasteiger partial charge in [-0.3, -0.25) is 0 Å². The Kier molecular flexibility index (Phi) is 7.23. The van der Waals surface area contributed by atoms with E-state index in [0.29, 0.717) is 21.7 Å². The smallest absolute Gasteiger partial charge is 0.550 e. The molecule has 0 aliphatic rings. The monoisotopic (exact) mass is 321 g/mol. The summed E-state index contributed by atoms with van der Waals surface area (Å²) in [5, 5.41) is 10.7. The number of carboxylic acid groups (broad SMARTS) is 1. The van der Waals surface area contributed by atoms with Crippen LogP contribution in [-0.2, 0) is 17.6 Å². The second-order valence-corrected chi connectivity index (χ2v) is 5.22. The molecule has 22 heavy (non-hydrogen) atoms. The molecule has 0 amide bonds. The van der Waals surface area contributed by atoms with Crippen molar-refractivity contribution in [3.63, 3.8) is 0 Å². The normalized spacial score (nSPS) is 9.86. The Balaban J connectivity index is 0.00000242. The average molecular weight is 321 g/mol. The number of anilines is 1. The molecule has 0 radical (unpaired) electrons. The van der Waals surface area contributed by atoms with Crippen molar-refractivity contribution in [1.82, 2.24) is 0 Å². The number of benzene rings is 2. The number of hydrogen-bond acceptors (Lipinski definition) is 4. The first-order chi connectivity index (χ1) is 10.0. The quantitative estimate of drug-likeness (QED) is 0.328. The van der Waals surface area contributed by atoms with Gasteiger partial charge in [-0.1, -0.05) is 61.6 Å². The van der Waals surface area contributed by atoms with Crippen molar-refractivity contribution in [2.24, 2.45) is 0 Å². The van der Waals surface area contributed by atoms with Crippen LogP contribution >= 0.6 is 12.2 Å². The van der Waals surface area contributed by atoms with Gasteiger partial charge in [0.1, 0.15) is 0 Å². The maximum absolute atomic E-state index is 10.7. The second kappa shape index (κ2) is 8.44. The third-order valence-corrected chi connectivity index (χ3v) is 3.86. The summed E-state index contributed by atoms with van der Waals surface area (Å²) in [4.78, 5) is 11.4. The van der Waals surface area contributed by atoms with Crippen LogP contribution in [0.15, 0.2) is 42.5 Å². The summed E-state index contributed by atoms with van der Waals surface area (Å²) in [6.45, 7) is 2.09. The van der Waals surface area contributed by atoms with E-state index in [1.165, 1.54) is 5.56 Å². The average Bonchev–Trinajstić information content (AvgIpc) is 2.48. The van der Waals surface area contributed by atoms with Crippen molar-refractivity contribution in [1.29, 1.82) is 0 Å². The molecule has 0 saturated carbocycles. The van der Waals surface area contributed by atoms with E-state index in [-0.39, 0.29) is 36.0 Å². The number of carbonyl (C=O) groups is 1. The van der Waals surface area contributed by atoms with Gasteiger partial charge in [0, 0.05) is 23.6 Å². The van der Waals surface area contributed by atoms with E-state index >= 15 is 0 Å². The van der Waals surface area contributed by atoms with Gasteiger partial charge >= 0.3 is 29.6 Å². The molecule has 108 valence electrons. The van der Waals surface area contributed by atoms with Crippen molar-refractivity contribution in [3.05, 3.63) is 64.7 Å². The van der Waals surface area contributed by atoms with Crippen LogP contribution in [0.25, 0.3) is 0 Å². The summed E-state index contributed by atoms with van der Waals surface area (Å²) in [6.07, 6.45) is 0.757. The molecule has 2 N–H and O–H groups in total. The van der Waals surface area contributed by atoms with Gasteiger partial charge in [0.05, 0.1) is 4.86 Å². The third-order valence-electron chi connectivity index (χ3n) is 3.40. The summed E-state index contributed by atoms with van der Waals surface area (Å²) in [7, 11) is 0. The number of aliphatic carboxylic acids is 1. The van der Waals surface area contributed by atoms with Crippen LogP contribution in [0.4, 0.5) is 5.69 Å². The van der Waals surface area contributed by atoms with Gasteiger partial charge < -0.3 is 15.6 Å². The maximum atomic E-state index is 10.7. The Morgan fingerprint density at radius 2 is 1.82 bits per heavy atom. The van der Waals surface area contributed by atoms with Crippen LogP contribution < -0.4 is 40.4 Å². The minimum absolute atomic E-state index is 0. The zero-order valence-electron chi connectivity index (χ0n) is 12.8. The first-order valence-corrected chi connectivity index (χ1v) is 7.14. The van der Waals surface area contributed by atoms with Crippen LogP contribution in [0.3, 0.4) is 0 Å². The first kappa shape index (κ1) is 18.8. The van der Waals surface area contributed by atoms with Crippen molar-refractivity contribution < 1.29 is 39.5 Å². The minimum Gasteiger partial charge on any atom is -0.550 e. The predicted octanol–water partition coefficient (Wildman–Crippen LogP) is -1.11. The molecule has 5 heteroatoms. The van der Waals surface area contributed by atoms with Crippen LogP contribution in [-0.4, -0.2) is 10.8 Å². The molecule has 0 aromatic heterocycles. The molecule has 0 atom stereocenters. The summed E-state index contributed by atoms with van der Waals surface area (Å²) in [5.41, 5.74) is 9.81. The summed E-state index contributed by atoms with van der Waals surface area (Å²) in [5.74, 6) is -1.16. The largest absolute Gasteiger partial charge is 1.00 e. The van der Waals surface area contributed by atoms with Gasteiger partial charge in [0.2, 0.25) is 0 Å². The molecular formula is C17H16NNaO2S. The molecule has 2 aromatic carbocycles. The van der Waals surface area contributed by atoms with Crippen molar-refractivity contribution >= 4 is 28.7 Å². The van der Waals surface area contributed by atoms with Gasteiger partial charge in [-0.2, -0.15) is 0 Å². The van der Waals surface area contributed by atoms with Crippen LogP contribution in [0, 0.1) is 0 Å².